The molecule has 0 bridgehead atoms. The summed E-state index contributed by atoms with van der Waals surface area (Å²) in [4.78, 5) is 0. The van der Waals surface area contributed by atoms with Gasteiger partial charge < -0.3 is 13.3 Å². The van der Waals surface area contributed by atoms with Gasteiger partial charge in [-0.2, -0.15) is 0 Å². The van der Waals surface area contributed by atoms with Crippen LogP contribution in [0.5, 0.6) is 0 Å². The highest BCUT2D eigenvalue weighted by Crippen LogP contribution is 2.20. The van der Waals surface area contributed by atoms with Gasteiger partial charge in [0.15, 0.2) is 0 Å². The van der Waals surface area contributed by atoms with Crippen molar-refractivity contribution in [3.05, 3.63) is 33.4 Å². The van der Waals surface area contributed by atoms with Crippen LogP contribution in [0, 0.1) is 3.57 Å². The van der Waals surface area contributed by atoms with Crippen LogP contribution < -0.4 is 0 Å². The van der Waals surface area contributed by atoms with Gasteiger partial charge in [-0.1, -0.05) is 12.1 Å². The Bertz CT molecular complexity index is 356. The Morgan fingerprint density at radius 2 is 1.58 bits per heavy atom. The van der Waals surface area contributed by atoms with E-state index in [0.29, 0.717) is 19.8 Å². The highest BCUT2D eigenvalue weighted by atomic mass is 127. The van der Waals surface area contributed by atoms with E-state index < -0.39 is 8.80 Å². The highest BCUT2D eigenvalue weighted by molar-refractivity contribution is 14.1. The van der Waals surface area contributed by atoms with E-state index in [1.54, 1.807) is 0 Å². The first-order valence-corrected chi connectivity index (χ1v) is 9.83. The molecule has 0 saturated heterocycles. The summed E-state index contributed by atoms with van der Waals surface area (Å²) >= 11 is 2.33. The Labute approximate surface area is 131 Å². The number of hydrogen-bond acceptors (Lipinski definition) is 3. The lowest BCUT2D eigenvalue weighted by Crippen LogP contribution is -2.46. The lowest BCUT2D eigenvalue weighted by atomic mass is 10.2. The first-order chi connectivity index (χ1) is 9.15. The maximum atomic E-state index is 5.85. The van der Waals surface area contributed by atoms with E-state index in [9.17, 15) is 0 Å². The molecule has 0 unspecified atom stereocenters. The summed E-state index contributed by atoms with van der Waals surface area (Å²) in [5.41, 5.74) is 1.31. The minimum absolute atomic E-state index is 0.637. The number of hydrogen-bond donors (Lipinski definition) is 0. The predicted molar refractivity (Wildman–Crippen MR) is 88.3 cm³/mol. The van der Waals surface area contributed by atoms with Gasteiger partial charge in [0.1, 0.15) is 0 Å². The molecule has 0 aliphatic carbocycles. The van der Waals surface area contributed by atoms with E-state index in [2.05, 4.69) is 46.9 Å². The molecule has 1 aromatic rings. The van der Waals surface area contributed by atoms with Crippen molar-refractivity contribution in [1.82, 2.24) is 0 Å². The topological polar surface area (TPSA) is 27.7 Å². The van der Waals surface area contributed by atoms with Crippen LogP contribution in [0.15, 0.2) is 24.3 Å². The standard InChI is InChI=1S/C14H23IO3Si/c1-4-16-19(17-5-2,18-6-3)11-10-13-8-7-9-14(15)12-13/h7-9,12H,4-6,10-11H2,1-3H3. The summed E-state index contributed by atoms with van der Waals surface area (Å²) in [6.45, 7) is 7.89. The molecule has 0 saturated carbocycles. The molecule has 0 amide bonds. The van der Waals surface area contributed by atoms with Crippen LogP contribution in [0.2, 0.25) is 6.04 Å². The molecule has 0 N–H and O–H groups in total. The predicted octanol–water partition coefficient (Wildman–Crippen LogP) is 3.88. The quantitative estimate of drug-likeness (QED) is 0.470. The lowest BCUT2D eigenvalue weighted by Gasteiger charge is -2.28. The summed E-state index contributed by atoms with van der Waals surface area (Å²) in [6.07, 6.45) is 0.934. The molecule has 19 heavy (non-hydrogen) atoms. The third kappa shape index (κ3) is 5.91. The molecule has 5 heteroatoms. The molecule has 0 aromatic heterocycles. The molecule has 0 heterocycles. The van der Waals surface area contributed by atoms with Crippen LogP contribution in [-0.2, 0) is 19.7 Å². The molecule has 0 aliphatic heterocycles. The van der Waals surface area contributed by atoms with Gasteiger partial charge in [0.05, 0.1) is 0 Å². The molecular weight excluding hydrogens is 371 g/mol. The van der Waals surface area contributed by atoms with Crippen molar-refractivity contribution >= 4 is 31.4 Å². The van der Waals surface area contributed by atoms with Gasteiger partial charge in [-0.15, -0.1) is 0 Å². The zero-order valence-corrected chi connectivity index (χ0v) is 15.1. The Morgan fingerprint density at radius 3 is 2.05 bits per heavy atom. The van der Waals surface area contributed by atoms with Gasteiger partial charge in [-0.25, -0.2) is 0 Å². The fourth-order valence-corrected chi connectivity index (χ4v) is 5.20. The number of aryl methyl sites for hydroxylation is 1. The van der Waals surface area contributed by atoms with Crippen molar-refractivity contribution in [2.75, 3.05) is 19.8 Å². The first-order valence-electron chi connectivity index (χ1n) is 6.82. The second-order valence-corrected chi connectivity index (χ2v) is 8.09. The second-order valence-electron chi connectivity index (χ2n) is 4.11. The van der Waals surface area contributed by atoms with Crippen molar-refractivity contribution in [2.45, 2.75) is 33.2 Å². The summed E-state index contributed by atoms with van der Waals surface area (Å²) < 4.78 is 18.8. The maximum Gasteiger partial charge on any atom is 0.501 e. The van der Waals surface area contributed by atoms with Crippen molar-refractivity contribution in [3.63, 3.8) is 0 Å². The largest absolute Gasteiger partial charge is 0.501 e. The van der Waals surface area contributed by atoms with E-state index in [1.807, 2.05) is 20.8 Å². The van der Waals surface area contributed by atoms with Gasteiger partial charge in [-0.05, 0) is 67.5 Å². The van der Waals surface area contributed by atoms with Gasteiger partial charge in [0.2, 0.25) is 0 Å². The highest BCUT2D eigenvalue weighted by Gasteiger charge is 2.39. The second kappa shape index (κ2) is 9.07. The first kappa shape index (κ1) is 17.1. The van der Waals surface area contributed by atoms with Gasteiger partial charge >= 0.3 is 8.80 Å². The number of halogens is 1. The molecular formula is C14H23IO3Si. The molecule has 108 valence electrons. The van der Waals surface area contributed by atoms with Gasteiger partial charge in [-0.3, -0.25) is 0 Å². The maximum absolute atomic E-state index is 5.85. The normalized spacial score (nSPS) is 11.8. The zero-order valence-electron chi connectivity index (χ0n) is 11.9. The van der Waals surface area contributed by atoms with Crippen LogP contribution in [-0.4, -0.2) is 28.6 Å². The van der Waals surface area contributed by atoms with E-state index in [4.69, 9.17) is 13.3 Å². The molecule has 1 aromatic carbocycles. The number of rotatable bonds is 9. The molecule has 0 radical (unpaired) electrons. The third-order valence-corrected chi connectivity index (χ3v) is 6.42. The fraction of sp³-hybridized carbons (Fsp3) is 0.571. The fourth-order valence-electron chi connectivity index (χ4n) is 1.99. The number of benzene rings is 1. The van der Waals surface area contributed by atoms with Gasteiger partial charge in [0, 0.05) is 29.4 Å². The minimum atomic E-state index is -2.50. The van der Waals surface area contributed by atoms with E-state index in [0.717, 1.165) is 12.5 Å². The molecule has 0 atom stereocenters. The minimum Gasteiger partial charge on any atom is -0.374 e. The monoisotopic (exact) mass is 394 g/mol. The van der Waals surface area contributed by atoms with Crippen molar-refractivity contribution < 1.29 is 13.3 Å². The molecule has 0 spiro atoms. The smallest absolute Gasteiger partial charge is 0.374 e. The Balaban J connectivity index is 2.70. The van der Waals surface area contributed by atoms with Crippen LogP contribution in [0.3, 0.4) is 0 Å². The molecule has 0 fully saturated rings. The van der Waals surface area contributed by atoms with E-state index >= 15 is 0 Å². The average molecular weight is 394 g/mol. The summed E-state index contributed by atoms with van der Waals surface area (Å²) in [7, 11) is -2.50. The van der Waals surface area contributed by atoms with Crippen LogP contribution in [0.25, 0.3) is 0 Å². The Morgan fingerprint density at radius 1 is 1.00 bits per heavy atom. The Hall–Kier alpha value is 0.0469. The third-order valence-electron chi connectivity index (χ3n) is 2.70. The van der Waals surface area contributed by atoms with Crippen molar-refractivity contribution in [2.24, 2.45) is 0 Å². The SMILES string of the molecule is CCO[Si](CCc1cccc(I)c1)(OCC)OCC. The molecule has 3 nitrogen and oxygen atoms in total. The summed E-state index contributed by atoms with van der Waals surface area (Å²) in [5, 5.41) is 0. The van der Waals surface area contributed by atoms with Crippen LogP contribution in [0.1, 0.15) is 26.3 Å². The van der Waals surface area contributed by atoms with Crippen LogP contribution in [0.4, 0.5) is 0 Å². The summed E-state index contributed by atoms with van der Waals surface area (Å²) in [5.74, 6) is 0. The summed E-state index contributed by atoms with van der Waals surface area (Å²) in [6, 6.07) is 9.36. The lowest BCUT2D eigenvalue weighted by molar-refractivity contribution is 0.0714. The van der Waals surface area contributed by atoms with Crippen molar-refractivity contribution in [3.8, 4) is 0 Å². The van der Waals surface area contributed by atoms with Crippen LogP contribution >= 0.6 is 22.6 Å². The van der Waals surface area contributed by atoms with E-state index in [1.165, 1.54) is 9.13 Å². The zero-order chi connectivity index (χ0) is 14.1. The van der Waals surface area contributed by atoms with Gasteiger partial charge in [0.25, 0.3) is 0 Å². The Kier molecular flexibility index (Phi) is 8.16. The average Bonchev–Trinajstić information content (AvgIpc) is 2.38. The van der Waals surface area contributed by atoms with Crippen molar-refractivity contribution in [1.29, 1.82) is 0 Å². The molecule has 0 aliphatic rings. The van der Waals surface area contributed by atoms with E-state index in [-0.39, 0.29) is 0 Å². The molecule has 1 rings (SSSR count).